The number of hydrogen-bond acceptors (Lipinski definition) is 5. The number of para-hydroxylation sites is 1. The summed E-state index contributed by atoms with van der Waals surface area (Å²) in [5.74, 6) is -3.09. The van der Waals surface area contributed by atoms with Crippen LogP contribution in [0.5, 0.6) is 0 Å². The first-order valence-electron chi connectivity index (χ1n) is 12.4. The Hall–Kier alpha value is -3.78. The van der Waals surface area contributed by atoms with Crippen molar-refractivity contribution < 1.29 is 23.9 Å². The van der Waals surface area contributed by atoms with Crippen molar-refractivity contribution >= 4 is 34.9 Å². The molecule has 2 aromatic carbocycles. The summed E-state index contributed by atoms with van der Waals surface area (Å²) in [4.78, 5) is 55.2. The number of benzene rings is 2. The highest BCUT2D eigenvalue weighted by molar-refractivity contribution is 6.12. The average Bonchev–Trinajstić information content (AvgIpc) is 3.39. The number of anilines is 2. The van der Waals surface area contributed by atoms with Crippen molar-refractivity contribution in [1.82, 2.24) is 5.32 Å². The maximum Gasteiger partial charge on any atom is 0.246 e. The van der Waals surface area contributed by atoms with Gasteiger partial charge in [0.25, 0.3) is 0 Å². The van der Waals surface area contributed by atoms with Crippen molar-refractivity contribution in [3.05, 3.63) is 72.3 Å². The van der Waals surface area contributed by atoms with Crippen molar-refractivity contribution in [1.29, 1.82) is 0 Å². The van der Waals surface area contributed by atoms with Crippen molar-refractivity contribution in [2.24, 2.45) is 11.8 Å². The van der Waals surface area contributed by atoms with Crippen LogP contribution in [0.15, 0.2) is 66.7 Å². The lowest BCUT2D eigenvalue weighted by atomic mass is 9.70. The number of carbonyl (C=O) groups excluding carboxylic acids is 4. The Morgan fingerprint density at radius 1 is 0.973 bits per heavy atom. The van der Waals surface area contributed by atoms with Gasteiger partial charge in [0.1, 0.15) is 11.6 Å². The molecular formula is C29H31N3O5. The second-order valence-corrected chi connectivity index (χ2v) is 11.2. The molecule has 3 aliphatic rings. The van der Waals surface area contributed by atoms with Crippen LogP contribution in [0.2, 0.25) is 0 Å². The van der Waals surface area contributed by atoms with E-state index in [1.165, 1.54) is 11.8 Å². The van der Waals surface area contributed by atoms with Gasteiger partial charge in [-0.25, -0.2) is 0 Å². The summed E-state index contributed by atoms with van der Waals surface area (Å²) in [5.41, 5.74) is -1.55. The molecular weight excluding hydrogens is 470 g/mol. The van der Waals surface area contributed by atoms with E-state index < -0.39 is 46.4 Å². The number of fused-ring (bicyclic) bond motifs is 1. The van der Waals surface area contributed by atoms with Gasteiger partial charge < -0.3 is 15.4 Å². The van der Waals surface area contributed by atoms with E-state index in [0.717, 1.165) is 0 Å². The minimum atomic E-state index is -1.34. The van der Waals surface area contributed by atoms with Crippen molar-refractivity contribution in [3.8, 4) is 0 Å². The average molecular weight is 502 g/mol. The molecule has 8 heteroatoms. The zero-order chi connectivity index (χ0) is 26.8. The Labute approximate surface area is 216 Å². The summed E-state index contributed by atoms with van der Waals surface area (Å²) in [6.07, 6.45) is 3.56. The summed E-state index contributed by atoms with van der Waals surface area (Å²) in [6.45, 7) is 8.80. The quantitative estimate of drug-likeness (QED) is 0.482. The predicted octanol–water partition coefficient (Wildman–Crippen LogP) is 3.49. The Bertz CT molecular complexity index is 1330. The van der Waals surface area contributed by atoms with Crippen LogP contribution in [-0.4, -0.2) is 46.3 Å². The number of rotatable bonds is 5. The second-order valence-electron chi connectivity index (χ2n) is 11.2. The normalized spacial score (nSPS) is 29.8. The fourth-order valence-corrected chi connectivity index (χ4v) is 5.87. The molecule has 192 valence electrons. The molecule has 0 saturated carbocycles. The molecule has 2 bridgehead atoms. The summed E-state index contributed by atoms with van der Waals surface area (Å²) in [5, 5.41) is 5.91. The van der Waals surface area contributed by atoms with Gasteiger partial charge in [-0.15, -0.1) is 0 Å². The SMILES string of the molecule is CC(=O)c1cccc(N2C(=O)[C@@H]3[C@@H](C(=O)Nc4ccccc4)[C@@]4(C)C=C[C@@]3(O4)[C@H]2C(=O)NC(C)(C)C)c1. The molecule has 0 aliphatic carbocycles. The van der Waals surface area contributed by atoms with Gasteiger partial charge in [0.15, 0.2) is 5.78 Å². The number of nitrogens with zero attached hydrogens (tertiary/aromatic N) is 1. The smallest absolute Gasteiger partial charge is 0.246 e. The maximum absolute atomic E-state index is 14.2. The Balaban J connectivity index is 1.61. The third-order valence-corrected chi connectivity index (χ3v) is 7.30. The summed E-state index contributed by atoms with van der Waals surface area (Å²) >= 11 is 0. The molecule has 0 unspecified atom stereocenters. The number of hydrogen-bond donors (Lipinski definition) is 2. The Morgan fingerprint density at radius 2 is 1.68 bits per heavy atom. The summed E-state index contributed by atoms with van der Waals surface area (Å²) < 4.78 is 6.53. The van der Waals surface area contributed by atoms with E-state index in [4.69, 9.17) is 4.74 Å². The second kappa shape index (κ2) is 8.38. The topological polar surface area (TPSA) is 105 Å². The van der Waals surface area contributed by atoms with Crippen molar-refractivity contribution in [2.75, 3.05) is 10.2 Å². The van der Waals surface area contributed by atoms with Gasteiger partial charge in [-0.05, 0) is 58.9 Å². The number of amides is 3. The molecule has 0 aromatic heterocycles. The van der Waals surface area contributed by atoms with Gasteiger partial charge in [0, 0.05) is 22.5 Å². The van der Waals surface area contributed by atoms with Crippen LogP contribution < -0.4 is 15.5 Å². The van der Waals surface area contributed by atoms with Crippen LogP contribution in [0, 0.1) is 11.8 Å². The number of nitrogens with one attached hydrogen (secondary N) is 2. The highest BCUT2D eigenvalue weighted by Gasteiger charge is 2.76. The van der Waals surface area contributed by atoms with E-state index in [-0.39, 0.29) is 11.7 Å². The van der Waals surface area contributed by atoms with Gasteiger partial charge >= 0.3 is 0 Å². The Morgan fingerprint density at radius 3 is 2.32 bits per heavy atom. The molecule has 37 heavy (non-hydrogen) atoms. The third-order valence-electron chi connectivity index (χ3n) is 7.30. The molecule has 0 radical (unpaired) electrons. The minimum absolute atomic E-state index is 0.160. The molecule has 1 spiro atoms. The van der Waals surface area contributed by atoms with Crippen LogP contribution in [0.1, 0.15) is 45.0 Å². The summed E-state index contributed by atoms with van der Waals surface area (Å²) in [7, 11) is 0. The van der Waals surface area contributed by atoms with Gasteiger partial charge in [0.2, 0.25) is 17.7 Å². The Kier molecular flexibility index (Phi) is 5.64. The molecule has 2 fully saturated rings. The molecule has 2 N–H and O–H groups in total. The molecule has 3 aliphatic heterocycles. The van der Waals surface area contributed by atoms with E-state index in [1.807, 2.05) is 39.0 Å². The molecule has 3 heterocycles. The van der Waals surface area contributed by atoms with Gasteiger partial charge in [-0.2, -0.15) is 0 Å². The molecule has 3 amide bonds. The molecule has 2 aromatic rings. The molecule has 5 rings (SSSR count). The fraction of sp³-hybridized carbons (Fsp3) is 0.379. The van der Waals surface area contributed by atoms with Crippen LogP contribution in [0.3, 0.4) is 0 Å². The highest BCUT2D eigenvalue weighted by Crippen LogP contribution is 2.60. The largest absolute Gasteiger partial charge is 0.356 e. The van der Waals surface area contributed by atoms with Crippen molar-refractivity contribution in [2.45, 2.75) is 57.4 Å². The minimum Gasteiger partial charge on any atom is -0.356 e. The number of ketones is 1. The fourth-order valence-electron chi connectivity index (χ4n) is 5.87. The van der Waals surface area contributed by atoms with Gasteiger partial charge in [-0.3, -0.25) is 24.1 Å². The molecule has 5 atom stereocenters. The first kappa shape index (κ1) is 24.9. The number of carbonyl (C=O) groups is 4. The third kappa shape index (κ3) is 3.96. The number of Topliss-reactive ketones (excluding diaryl/α,β-unsaturated/α-hetero) is 1. The van der Waals surface area contributed by atoms with E-state index in [1.54, 1.807) is 55.5 Å². The predicted molar refractivity (Wildman–Crippen MR) is 139 cm³/mol. The summed E-state index contributed by atoms with van der Waals surface area (Å²) in [6, 6.07) is 14.6. The van der Waals surface area contributed by atoms with Crippen molar-refractivity contribution in [3.63, 3.8) is 0 Å². The van der Waals surface area contributed by atoms with Gasteiger partial charge in [-0.1, -0.05) is 42.5 Å². The monoisotopic (exact) mass is 501 g/mol. The standard InChI is InChI=1S/C29H31N3O5/c1-17(33)18-10-9-13-20(16-18)32-23(25(35)31-27(2,3)4)29-15-14-28(5,37-29)21(22(29)26(32)36)24(34)30-19-11-7-6-8-12-19/h6-16,21-23H,1-5H3,(H,30,34)(H,31,35)/t21-,22-,23+,28+,29-/m0/s1. The lowest BCUT2D eigenvalue weighted by Gasteiger charge is -2.35. The van der Waals surface area contributed by atoms with E-state index in [0.29, 0.717) is 16.9 Å². The lowest BCUT2D eigenvalue weighted by Crippen LogP contribution is -2.58. The van der Waals surface area contributed by atoms with Gasteiger partial charge in [0.05, 0.1) is 17.4 Å². The van der Waals surface area contributed by atoms with Crippen LogP contribution in [0.4, 0.5) is 11.4 Å². The zero-order valence-electron chi connectivity index (χ0n) is 21.6. The van der Waals surface area contributed by atoms with E-state index >= 15 is 0 Å². The zero-order valence-corrected chi connectivity index (χ0v) is 21.6. The maximum atomic E-state index is 14.2. The van der Waals surface area contributed by atoms with Crippen LogP contribution in [-0.2, 0) is 19.1 Å². The van der Waals surface area contributed by atoms with Crippen LogP contribution in [0.25, 0.3) is 0 Å². The first-order chi connectivity index (χ1) is 17.4. The molecule has 8 nitrogen and oxygen atoms in total. The lowest BCUT2D eigenvalue weighted by molar-refractivity contribution is -0.131. The van der Waals surface area contributed by atoms with Crippen LogP contribution >= 0.6 is 0 Å². The highest BCUT2D eigenvalue weighted by atomic mass is 16.5. The molecule has 2 saturated heterocycles. The van der Waals surface area contributed by atoms with E-state index in [2.05, 4.69) is 10.6 Å². The number of ether oxygens (including phenoxy) is 1. The van der Waals surface area contributed by atoms with E-state index in [9.17, 15) is 19.2 Å². The first-order valence-corrected chi connectivity index (χ1v) is 12.4.